The van der Waals surface area contributed by atoms with Gasteiger partial charge in [0.25, 0.3) is 5.91 Å². The number of amides is 2. The maximum absolute atomic E-state index is 12.6. The van der Waals surface area contributed by atoms with Crippen LogP contribution in [0.1, 0.15) is 42.1 Å². The molecule has 0 aliphatic carbocycles. The lowest BCUT2D eigenvalue weighted by Gasteiger charge is -2.31. The van der Waals surface area contributed by atoms with Crippen molar-refractivity contribution < 1.29 is 14.3 Å². The number of nitrogens with zero attached hydrogens (tertiary/aromatic N) is 2. The SMILES string of the molecule is CC(C)c1nc(CNC(=O)[C@H]2OCC(=O)N[C@@H]2c2cccnc2)cs1. The van der Waals surface area contributed by atoms with Crippen LogP contribution >= 0.6 is 11.3 Å². The van der Waals surface area contributed by atoms with E-state index in [0.717, 1.165) is 16.3 Å². The monoisotopic (exact) mass is 360 g/mol. The van der Waals surface area contributed by atoms with Crippen molar-refractivity contribution in [1.29, 1.82) is 0 Å². The molecule has 3 heterocycles. The number of carbonyl (C=O) groups excluding carboxylic acids is 2. The van der Waals surface area contributed by atoms with Crippen molar-refractivity contribution >= 4 is 23.2 Å². The summed E-state index contributed by atoms with van der Waals surface area (Å²) in [6.07, 6.45) is 2.46. The molecule has 132 valence electrons. The first-order valence-corrected chi connectivity index (χ1v) is 8.95. The third-order valence-electron chi connectivity index (χ3n) is 3.82. The molecule has 3 rings (SSSR count). The average Bonchev–Trinajstić information content (AvgIpc) is 3.10. The Kier molecular flexibility index (Phi) is 5.40. The topological polar surface area (TPSA) is 93.2 Å². The number of thiazole rings is 1. The maximum Gasteiger partial charge on any atom is 0.251 e. The van der Waals surface area contributed by atoms with Crippen LogP contribution in [0.5, 0.6) is 0 Å². The molecule has 0 radical (unpaired) electrons. The van der Waals surface area contributed by atoms with E-state index in [2.05, 4.69) is 34.4 Å². The number of nitrogens with one attached hydrogen (secondary N) is 2. The van der Waals surface area contributed by atoms with Gasteiger partial charge in [-0.2, -0.15) is 0 Å². The molecule has 2 aromatic rings. The second-order valence-electron chi connectivity index (χ2n) is 6.11. The van der Waals surface area contributed by atoms with Gasteiger partial charge in [0.15, 0.2) is 6.10 Å². The molecule has 7 nitrogen and oxygen atoms in total. The van der Waals surface area contributed by atoms with Crippen LogP contribution in [0, 0.1) is 0 Å². The first-order valence-electron chi connectivity index (χ1n) is 8.07. The number of aromatic nitrogens is 2. The zero-order chi connectivity index (χ0) is 17.8. The van der Waals surface area contributed by atoms with E-state index in [1.165, 1.54) is 0 Å². The van der Waals surface area contributed by atoms with Crippen LogP contribution in [-0.4, -0.2) is 34.5 Å². The van der Waals surface area contributed by atoms with Gasteiger partial charge in [-0.15, -0.1) is 11.3 Å². The Labute approximate surface area is 149 Å². The molecular weight excluding hydrogens is 340 g/mol. The fraction of sp³-hybridized carbons (Fsp3) is 0.412. The van der Waals surface area contributed by atoms with Gasteiger partial charge in [-0.25, -0.2) is 4.98 Å². The van der Waals surface area contributed by atoms with Crippen molar-refractivity contribution in [3.05, 3.63) is 46.2 Å². The molecule has 0 bridgehead atoms. The number of rotatable bonds is 5. The number of carbonyl (C=O) groups is 2. The van der Waals surface area contributed by atoms with E-state index in [0.29, 0.717) is 12.5 Å². The Bertz CT molecular complexity index is 747. The third-order valence-corrected chi connectivity index (χ3v) is 5.02. The van der Waals surface area contributed by atoms with Crippen molar-refractivity contribution in [3.8, 4) is 0 Å². The van der Waals surface area contributed by atoms with E-state index in [9.17, 15) is 9.59 Å². The second-order valence-corrected chi connectivity index (χ2v) is 7.00. The molecule has 2 amide bonds. The van der Waals surface area contributed by atoms with E-state index in [-0.39, 0.29) is 18.4 Å². The normalized spacial score (nSPS) is 20.4. The molecule has 25 heavy (non-hydrogen) atoms. The molecule has 2 atom stereocenters. The van der Waals surface area contributed by atoms with Gasteiger partial charge in [0, 0.05) is 23.7 Å². The largest absolute Gasteiger partial charge is 0.356 e. The molecule has 0 spiro atoms. The minimum Gasteiger partial charge on any atom is -0.356 e. The van der Waals surface area contributed by atoms with Crippen LogP contribution in [0.3, 0.4) is 0 Å². The van der Waals surface area contributed by atoms with Crippen molar-refractivity contribution in [2.45, 2.75) is 38.5 Å². The van der Waals surface area contributed by atoms with Crippen molar-refractivity contribution in [1.82, 2.24) is 20.6 Å². The summed E-state index contributed by atoms with van der Waals surface area (Å²) in [5.74, 6) is -0.173. The zero-order valence-corrected chi connectivity index (χ0v) is 14.9. The van der Waals surface area contributed by atoms with Crippen LogP contribution in [0.2, 0.25) is 0 Å². The molecule has 2 N–H and O–H groups in total. The van der Waals surface area contributed by atoms with Crippen molar-refractivity contribution in [2.75, 3.05) is 6.61 Å². The lowest BCUT2D eigenvalue weighted by Crippen LogP contribution is -2.52. The fourth-order valence-electron chi connectivity index (χ4n) is 2.54. The maximum atomic E-state index is 12.6. The standard InChI is InChI=1S/C17H20N4O3S/c1-10(2)17-20-12(9-25-17)7-19-16(23)15-14(21-13(22)8-24-15)11-4-3-5-18-6-11/h3-6,9-10,14-15H,7-8H2,1-2H3,(H,19,23)(H,21,22)/t14-,15+/m1/s1. The zero-order valence-electron chi connectivity index (χ0n) is 14.1. The summed E-state index contributed by atoms with van der Waals surface area (Å²) >= 11 is 1.58. The fourth-order valence-corrected chi connectivity index (χ4v) is 3.38. The highest BCUT2D eigenvalue weighted by molar-refractivity contribution is 7.09. The summed E-state index contributed by atoms with van der Waals surface area (Å²) in [5.41, 5.74) is 1.55. The highest BCUT2D eigenvalue weighted by atomic mass is 32.1. The van der Waals surface area contributed by atoms with Crippen LogP contribution in [0.25, 0.3) is 0 Å². The lowest BCUT2D eigenvalue weighted by atomic mass is 10.0. The minimum atomic E-state index is -0.801. The first kappa shape index (κ1) is 17.5. The molecule has 0 unspecified atom stereocenters. The van der Waals surface area contributed by atoms with Crippen LogP contribution in [0.15, 0.2) is 29.9 Å². The number of ether oxygens (including phenoxy) is 1. The van der Waals surface area contributed by atoms with Gasteiger partial charge in [-0.3, -0.25) is 14.6 Å². The van der Waals surface area contributed by atoms with Crippen molar-refractivity contribution in [2.24, 2.45) is 0 Å². The highest BCUT2D eigenvalue weighted by Gasteiger charge is 2.36. The van der Waals surface area contributed by atoms with Gasteiger partial charge < -0.3 is 15.4 Å². The lowest BCUT2D eigenvalue weighted by molar-refractivity contribution is -0.148. The minimum absolute atomic E-state index is 0.136. The van der Waals surface area contributed by atoms with Gasteiger partial charge in [0.05, 0.1) is 23.3 Å². The molecular formula is C17H20N4O3S. The van der Waals surface area contributed by atoms with Crippen LogP contribution in [0.4, 0.5) is 0 Å². The Hall–Kier alpha value is -2.32. The molecule has 0 saturated carbocycles. The van der Waals surface area contributed by atoms with E-state index < -0.39 is 12.1 Å². The van der Waals surface area contributed by atoms with Gasteiger partial charge in [0.2, 0.25) is 5.91 Å². The summed E-state index contributed by atoms with van der Waals surface area (Å²) in [5, 5.41) is 8.63. The predicted octanol–water partition coefficient (Wildman–Crippen LogP) is 1.53. The van der Waals surface area contributed by atoms with E-state index in [1.807, 2.05) is 11.4 Å². The Morgan fingerprint density at radius 1 is 1.52 bits per heavy atom. The molecule has 2 aromatic heterocycles. The smallest absolute Gasteiger partial charge is 0.251 e. The van der Waals surface area contributed by atoms with Gasteiger partial charge in [-0.05, 0) is 11.6 Å². The summed E-state index contributed by atoms with van der Waals surface area (Å²) in [4.78, 5) is 32.8. The third kappa shape index (κ3) is 4.21. The average molecular weight is 360 g/mol. The van der Waals surface area contributed by atoms with E-state index in [1.54, 1.807) is 29.8 Å². The quantitative estimate of drug-likeness (QED) is 0.843. The molecule has 1 aliphatic rings. The summed E-state index contributed by atoms with van der Waals surface area (Å²) in [6, 6.07) is 3.01. The number of hydrogen-bond donors (Lipinski definition) is 2. The number of morpholine rings is 1. The summed E-state index contributed by atoms with van der Waals surface area (Å²) in [7, 11) is 0. The molecule has 1 aliphatic heterocycles. The predicted molar refractivity (Wildman–Crippen MR) is 92.9 cm³/mol. The number of hydrogen-bond acceptors (Lipinski definition) is 6. The number of pyridine rings is 1. The summed E-state index contributed by atoms with van der Waals surface area (Å²) < 4.78 is 5.48. The second kappa shape index (κ2) is 7.71. The molecule has 1 fully saturated rings. The first-order chi connectivity index (χ1) is 12.0. The van der Waals surface area contributed by atoms with Crippen LogP contribution < -0.4 is 10.6 Å². The Morgan fingerprint density at radius 3 is 3.04 bits per heavy atom. The van der Waals surface area contributed by atoms with Gasteiger partial charge >= 0.3 is 0 Å². The van der Waals surface area contributed by atoms with Gasteiger partial charge in [-0.1, -0.05) is 19.9 Å². The Balaban J connectivity index is 1.67. The Morgan fingerprint density at radius 2 is 2.36 bits per heavy atom. The van der Waals surface area contributed by atoms with Crippen LogP contribution in [-0.2, 0) is 20.9 Å². The molecule has 1 saturated heterocycles. The van der Waals surface area contributed by atoms with Gasteiger partial charge in [0.1, 0.15) is 6.61 Å². The highest BCUT2D eigenvalue weighted by Crippen LogP contribution is 2.22. The van der Waals surface area contributed by atoms with E-state index >= 15 is 0 Å². The molecule has 0 aromatic carbocycles. The van der Waals surface area contributed by atoms with Crippen molar-refractivity contribution in [3.63, 3.8) is 0 Å². The molecule has 8 heteroatoms. The van der Waals surface area contributed by atoms with E-state index in [4.69, 9.17) is 4.74 Å². The summed E-state index contributed by atoms with van der Waals surface area (Å²) in [6.45, 7) is 4.36.